The molecule has 1 aromatic carbocycles. The van der Waals surface area contributed by atoms with Gasteiger partial charge in [-0.3, -0.25) is 0 Å². The Hall–Kier alpha value is -0.840. The fourth-order valence-corrected chi connectivity index (χ4v) is 3.02. The number of nitrogens with zero attached hydrogens (tertiary/aromatic N) is 1. The van der Waals surface area contributed by atoms with Crippen molar-refractivity contribution in [2.45, 2.75) is 19.5 Å². The van der Waals surface area contributed by atoms with Crippen LogP contribution in [0.15, 0.2) is 39.5 Å². The summed E-state index contributed by atoms with van der Waals surface area (Å²) in [6, 6.07) is 8.47. The molecule has 2 nitrogen and oxygen atoms in total. The molecule has 1 unspecified atom stereocenters. The molecule has 0 aliphatic heterocycles. The van der Waals surface area contributed by atoms with E-state index in [2.05, 4.69) is 62.9 Å². The maximum absolute atomic E-state index is 6.05. The van der Waals surface area contributed by atoms with E-state index in [-0.39, 0.29) is 6.04 Å². The van der Waals surface area contributed by atoms with Crippen molar-refractivity contribution in [3.63, 3.8) is 0 Å². The van der Waals surface area contributed by atoms with Crippen molar-refractivity contribution >= 4 is 33.0 Å². The van der Waals surface area contributed by atoms with Crippen LogP contribution < -0.4 is 10.6 Å². The lowest BCUT2D eigenvalue weighted by Crippen LogP contribution is -2.19. The van der Waals surface area contributed by atoms with Crippen molar-refractivity contribution in [1.82, 2.24) is 0 Å². The minimum atomic E-state index is 0.0300. The first kappa shape index (κ1) is 13.6. The van der Waals surface area contributed by atoms with E-state index in [0.29, 0.717) is 0 Å². The third-order valence-electron chi connectivity index (χ3n) is 2.89. The van der Waals surface area contributed by atoms with Gasteiger partial charge in [0.2, 0.25) is 0 Å². The smallest absolute Gasteiger partial charge is 0.0434 e. The topological polar surface area (TPSA) is 29.3 Å². The number of benzene rings is 1. The maximum Gasteiger partial charge on any atom is 0.0434 e. The van der Waals surface area contributed by atoms with Crippen LogP contribution in [0.2, 0.25) is 0 Å². The van der Waals surface area contributed by atoms with E-state index in [1.807, 2.05) is 6.92 Å². The number of hydrogen-bond acceptors (Lipinski definition) is 3. The highest BCUT2D eigenvalue weighted by Gasteiger charge is 2.11. The molecule has 2 N–H and O–H groups in total. The zero-order valence-corrected chi connectivity index (χ0v) is 13.0. The SMILES string of the molecule is CC(N)c1cc(Br)ccc1N(C)Cc1ccsc1. The Morgan fingerprint density at radius 2 is 2.17 bits per heavy atom. The Morgan fingerprint density at radius 3 is 2.78 bits per heavy atom. The molecule has 18 heavy (non-hydrogen) atoms. The van der Waals surface area contributed by atoms with Crippen LogP contribution in [0.1, 0.15) is 24.1 Å². The highest BCUT2D eigenvalue weighted by Crippen LogP contribution is 2.29. The highest BCUT2D eigenvalue weighted by molar-refractivity contribution is 9.10. The number of rotatable bonds is 4. The molecule has 0 radical (unpaired) electrons. The molecular formula is C14H17BrN2S. The number of halogens is 1. The van der Waals surface area contributed by atoms with Gasteiger partial charge in [-0.15, -0.1) is 0 Å². The van der Waals surface area contributed by atoms with Gasteiger partial charge in [-0.05, 0) is 53.1 Å². The first-order valence-electron chi connectivity index (χ1n) is 5.85. The van der Waals surface area contributed by atoms with E-state index >= 15 is 0 Å². The first-order chi connectivity index (χ1) is 8.58. The molecular weight excluding hydrogens is 308 g/mol. The Balaban J connectivity index is 2.26. The average molecular weight is 325 g/mol. The summed E-state index contributed by atoms with van der Waals surface area (Å²) in [5, 5.41) is 4.29. The Bertz CT molecular complexity index is 509. The molecule has 1 heterocycles. The monoisotopic (exact) mass is 324 g/mol. The van der Waals surface area contributed by atoms with Crippen LogP contribution in [-0.4, -0.2) is 7.05 Å². The molecule has 0 saturated carbocycles. The Morgan fingerprint density at radius 1 is 1.39 bits per heavy atom. The second-order valence-corrected chi connectivity index (χ2v) is 6.18. The molecule has 0 aliphatic rings. The molecule has 1 aromatic heterocycles. The quantitative estimate of drug-likeness (QED) is 0.914. The van der Waals surface area contributed by atoms with Gasteiger partial charge in [-0.25, -0.2) is 0 Å². The molecule has 0 amide bonds. The first-order valence-corrected chi connectivity index (χ1v) is 7.58. The standard InChI is InChI=1S/C14H17BrN2S/c1-10(16)13-7-12(15)3-4-14(13)17(2)8-11-5-6-18-9-11/h3-7,9-10H,8,16H2,1-2H3. The molecule has 0 aliphatic carbocycles. The van der Waals surface area contributed by atoms with Gasteiger partial charge in [0.15, 0.2) is 0 Å². The summed E-state index contributed by atoms with van der Waals surface area (Å²) in [6.45, 7) is 2.93. The van der Waals surface area contributed by atoms with Crippen molar-refractivity contribution in [1.29, 1.82) is 0 Å². The third-order valence-corrected chi connectivity index (χ3v) is 4.12. The fraction of sp³-hybridized carbons (Fsp3) is 0.286. The second-order valence-electron chi connectivity index (χ2n) is 4.48. The van der Waals surface area contributed by atoms with Crippen LogP contribution in [0.25, 0.3) is 0 Å². The van der Waals surface area contributed by atoms with Crippen molar-refractivity contribution < 1.29 is 0 Å². The molecule has 1 atom stereocenters. The third kappa shape index (κ3) is 3.13. The van der Waals surface area contributed by atoms with Gasteiger partial charge in [0.1, 0.15) is 0 Å². The van der Waals surface area contributed by atoms with E-state index in [1.165, 1.54) is 16.8 Å². The summed E-state index contributed by atoms with van der Waals surface area (Å²) in [5.41, 5.74) is 9.75. The second kappa shape index (κ2) is 5.87. The summed E-state index contributed by atoms with van der Waals surface area (Å²) in [7, 11) is 2.10. The fourth-order valence-electron chi connectivity index (χ4n) is 1.98. The Kier molecular flexibility index (Phi) is 4.43. The van der Waals surface area contributed by atoms with Gasteiger partial charge in [-0.1, -0.05) is 15.9 Å². The van der Waals surface area contributed by atoms with Crippen LogP contribution in [0, 0.1) is 0 Å². The summed E-state index contributed by atoms with van der Waals surface area (Å²) in [6.07, 6.45) is 0. The summed E-state index contributed by atoms with van der Waals surface area (Å²) in [5.74, 6) is 0. The Labute approximate surface area is 121 Å². The largest absolute Gasteiger partial charge is 0.370 e. The molecule has 4 heteroatoms. The van der Waals surface area contributed by atoms with Gasteiger partial charge < -0.3 is 10.6 Å². The zero-order valence-electron chi connectivity index (χ0n) is 10.6. The van der Waals surface area contributed by atoms with Crippen LogP contribution in [0.4, 0.5) is 5.69 Å². The van der Waals surface area contributed by atoms with Gasteiger partial charge >= 0.3 is 0 Å². The molecule has 0 spiro atoms. The number of nitrogens with two attached hydrogens (primary N) is 1. The lowest BCUT2D eigenvalue weighted by molar-refractivity contribution is 0.801. The predicted molar refractivity (Wildman–Crippen MR) is 83.2 cm³/mol. The van der Waals surface area contributed by atoms with E-state index in [4.69, 9.17) is 5.73 Å². The normalized spacial score (nSPS) is 12.4. The number of anilines is 1. The molecule has 0 bridgehead atoms. The van der Waals surface area contributed by atoms with Gasteiger partial charge in [0, 0.05) is 29.8 Å². The molecule has 2 rings (SSSR count). The summed E-state index contributed by atoms with van der Waals surface area (Å²) in [4.78, 5) is 2.24. The molecule has 96 valence electrons. The van der Waals surface area contributed by atoms with Gasteiger partial charge in [0.25, 0.3) is 0 Å². The van der Waals surface area contributed by atoms with Crippen molar-refractivity contribution in [2.24, 2.45) is 5.73 Å². The van der Waals surface area contributed by atoms with Crippen molar-refractivity contribution in [2.75, 3.05) is 11.9 Å². The molecule has 0 saturated heterocycles. The lowest BCUT2D eigenvalue weighted by Gasteiger charge is -2.24. The number of hydrogen-bond donors (Lipinski definition) is 1. The van der Waals surface area contributed by atoms with E-state index in [1.54, 1.807) is 11.3 Å². The van der Waals surface area contributed by atoms with Crippen LogP contribution in [-0.2, 0) is 6.54 Å². The maximum atomic E-state index is 6.05. The van der Waals surface area contributed by atoms with E-state index < -0.39 is 0 Å². The minimum absolute atomic E-state index is 0.0300. The van der Waals surface area contributed by atoms with E-state index in [0.717, 1.165) is 11.0 Å². The average Bonchev–Trinajstić information content (AvgIpc) is 2.81. The highest BCUT2D eigenvalue weighted by atomic mass is 79.9. The van der Waals surface area contributed by atoms with Crippen molar-refractivity contribution in [3.05, 3.63) is 50.6 Å². The van der Waals surface area contributed by atoms with Crippen LogP contribution >= 0.6 is 27.3 Å². The van der Waals surface area contributed by atoms with Gasteiger partial charge in [0.05, 0.1) is 0 Å². The minimum Gasteiger partial charge on any atom is -0.370 e. The predicted octanol–water partition coefficient (Wildman–Crippen LogP) is 4.17. The van der Waals surface area contributed by atoms with Crippen LogP contribution in [0.3, 0.4) is 0 Å². The summed E-state index contributed by atoms with van der Waals surface area (Å²) >= 11 is 5.23. The van der Waals surface area contributed by atoms with E-state index in [9.17, 15) is 0 Å². The lowest BCUT2D eigenvalue weighted by atomic mass is 10.1. The number of thiophene rings is 1. The van der Waals surface area contributed by atoms with Crippen LogP contribution in [0.5, 0.6) is 0 Å². The van der Waals surface area contributed by atoms with Gasteiger partial charge in [-0.2, -0.15) is 11.3 Å². The van der Waals surface area contributed by atoms with Crippen molar-refractivity contribution in [3.8, 4) is 0 Å². The molecule has 2 aromatic rings. The summed E-state index contributed by atoms with van der Waals surface area (Å²) < 4.78 is 1.07. The zero-order chi connectivity index (χ0) is 13.1. The molecule has 0 fully saturated rings.